The summed E-state index contributed by atoms with van der Waals surface area (Å²) in [6.07, 6.45) is 4.43. The maximum Gasteiger partial charge on any atom is 0.0561 e. The predicted octanol–water partition coefficient (Wildman–Crippen LogP) is 1.64. The molecule has 1 aliphatic rings. The van der Waals surface area contributed by atoms with E-state index < -0.39 is 0 Å². The fraction of sp³-hybridized carbons (Fsp3) is 0.750. The number of aromatic nitrogens is 2. The second kappa shape index (κ2) is 4.97. The van der Waals surface area contributed by atoms with Crippen LogP contribution in [0.2, 0.25) is 0 Å². The normalized spacial score (nSPS) is 27.9. The Labute approximate surface area is 97.0 Å². The molecule has 0 spiro atoms. The van der Waals surface area contributed by atoms with E-state index in [9.17, 15) is 0 Å². The minimum atomic E-state index is 0.350. The Kier molecular flexibility index (Phi) is 3.61. The van der Waals surface area contributed by atoms with Crippen LogP contribution in [-0.4, -0.2) is 28.5 Å². The molecule has 3 atom stereocenters. The molecule has 0 bridgehead atoms. The Bertz CT molecular complexity index is 337. The summed E-state index contributed by atoms with van der Waals surface area (Å²) in [5.74, 6) is 0. The minimum absolute atomic E-state index is 0.350. The molecule has 2 heterocycles. The molecule has 0 radical (unpaired) electrons. The van der Waals surface area contributed by atoms with E-state index >= 15 is 0 Å². The van der Waals surface area contributed by atoms with Gasteiger partial charge in [-0.1, -0.05) is 0 Å². The summed E-state index contributed by atoms with van der Waals surface area (Å²) in [7, 11) is 1.99. The fourth-order valence-corrected chi connectivity index (χ4v) is 2.40. The van der Waals surface area contributed by atoms with Crippen LogP contribution < -0.4 is 5.32 Å². The van der Waals surface area contributed by atoms with Crippen molar-refractivity contribution in [3.8, 4) is 0 Å². The maximum atomic E-state index is 5.55. The molecule has 2 rings (SSSR count). The molecule has 1 N–H and O–H groups in total. The Morgan fingerprint density at radius 2 is 2.44 bits per heavy atom. The third-order valence-corrected chi connectivity index (χ3v) is 3.27. The largest absolute Gasteiger partial charge is 0.378 e. The molecular weight excluding hydrogens is 202 g/mol. The Balaban J connectivity index is 1.92. The zero-order chi connectivity index (χ0) is 11.5. The van der Waals surface area contributed by atoms with Crippen molar-refractivity contribution in [3.05, 3.63) is 18.0 Å². The van der Waals surface area contributed by atoms with Crippen LogP contribution in [0.3, 0.4) is 0 Å². The van der Waals surface area contributed by atoms with Gasteiger partial charge in [0.25, 0.3) is 0 Å². The van der Waals surface area contributed by atoms with Gasteiger partial charge in [-0.25, -0.2) is 0 Å². The van der Waals surface area contributed by atoms with Crippen LogP contribution in [0.5, 0.6) is 0 Å². The zero-order valence-electron chi connectivity index (χ0n) is 10.3. The molecular formula is C12H21N3O. The molecule has 16 heavy (non-hydrogen) atoms. The second-order valence-corrected chi connectivity index (χ2v) is 4.67. The maximum absolute atomic E-state index is 5.55. The van der Waals surface area contributed by atoms with Crippen molar-refractivity contribution < 1.29 is 4.74 Å². The van der Waals surface area contributed by atoms with Gasteiger partial charge in [0.15, 0.2) is 0 Å². The minimum Gasteiger partial charge on any atom is -0.378 e. The smallest absolute Gasteiger partial charge is 0.0561 e. The predicted molar refractivity (Wildman–Crippen MR) is 63.2 cm³/mol. The van der Waals surface area contributed by atoms with Crippen LogP contribution in [0, 0.1) is 0 Å². The third-order valence-electron chi connectivity index (χ3n) is 3.27. The van der Waals surface area contributed by atoms with Gasteiger partial charge < -0.3 is 10.1 Å². The van der Waals surface area contributed by atoms with Gasteiger partial charge in [0.05, 0.1) is 11.8 Å². The molecule has 0 aliphatic carbocycles. The van der Waals surface area contributed by atoms with Crippen LogP contribution >= 0.6 is 0 Å². The lowest BCUT2D eigenvalue weighted by atomic mass is 10.0. The summed E-state index contributed by atoms with van der Waals surface area (Å²) in [4.78, 5) is 0. The SMILES string of the molecule is CC1CC(NC(C)c2ccnn2C)CCO1. The first kappa shape index (κ1) is 11.6. The Hall–Kier alpha value is -0.870. The highest BCUT2D eigenvalue weighted by molar-refractivity contribution is 5.05. The monoisotopic (exact) mass is 223 g/mol. The molecule has 90 valence electrons. The average Bonchev–Trinajstić information content (AvgIpc) is 2.64. The third kappa shape index (κ3) is 2.62. The molecule has 0 saturated carbocycles. The van der Waals surface area contributed by atoms with E-state index in [1.807, 2.05) is 17.9 Å². The van der Waals surface area contributed by atoms with E-state index in [-0.39, 0.29) is 0 Å². The highest BCUT2D eigenvalue weighted by atomic mass is 16.5. The highest BCUT2D eigenvalue weighted by Gasteiger charge is 2.21. The fourth-order valence-electron chi connectivity index (χ4n) is 2.40. The van der Waals surface area contributed by atoms with Crippen molar-refractivity contribution in [2.24, 2.45) is 7.05 Å². The van der Waals surface area contributed by atoms with Crippen LogP contribution in [0.15, 0.2) is 12.3 Å². The lowest BCUT2D eigenvalue weighted by molar-refractivity contribution is 0.0114. The summed E-state index contributed by atoms with van der Waals surface area (Å²) < 4.78 is 7.48. The molecule has 1 saturated heterocycles. The van der Waals surface area contributed by atoms with Gasteiger partial charge in [-0.15, -0.1) is 0 Å². The van der Waals surface area contributed by atoms with E-state index in [1.54, 1.807) is 0 Å². The molecule has 1 aromatic heterocycles. The van der Waals surface area contributed by atoms with Crippen LogP contribution in [0.4, 0.5) is 0 Å². The standard InChI is InChI=1S/C12H21N3O/c1-9-8-11(5-7-16-9)14-10(2)12-4-6-13-15(12)3/h4,6,9-11,14H,5,7-8H2,1-3H3. The van der Waals surface area contributed by atoms with Crippen LogP contribution in [0.1, 0.15) is 38.4 Å². The molecule has 0 aromatic carbocycles. The van der Waals surface area contributed by atoms with E-state index in [1.165, 1.54) is 5.69 Å². The quantitative estimate of drug-likeness (QED) is 0.846. The van der Waals surface area contributed by atoms with Gasteiger partial charge >= 0.3 is 0 Å². The second-order valence-electron chi connectivity index (χ2n) is 4.67. The Morgan fingerprint density at radius 1 is 1.62 bits per heavy atom. The van der Waals surface area contributed by atoms with Crippen LogP contribution in [0.25, 0.3) is 0 Å². The number of rotatable bonds is 3. The van der Waals surface area contributed by atoms with Gasteiger partial charge in [-0.3, -0.25) is 4.68 Å². The van der Waals surface area contributed by atoms with Gasteiger partial charge in [0.2, 0.25) is 0 Å². The first-order valence-corrected chi connectivity index (χ1v) is 6.02. The number of hydrogen-bond donors (Lipinski definition) is 1. The summed E-state index contributed by atoms with van der Waals surface area (Å²) in [6, 6.07) is 2.98. The number of ether oxygens (including phenoxy) is 1. The van der Waals surface area contributed by atoms with Crippen molar-refractivity contribution in [3.63, 3.8) is 0 Å². The molecule has 0 amide bonds. The highest BCUT2D eigenvalue weighted by Crippen LogP contribution is 2.18. The van der Waals surface area contributed by atoms with Crippen molar-refractivity contribution in [1.29, 1.82) is 0 Å². The molecule has 1 fully saturated rings. The van der Waals surface area contributed by atoms with E-state index in [4.69, 9.17) is 4.74 Å². The first-order valence-electron chi connectivity index (χ1n) is 6.02. The number of hydrogen-bond acceptors (Lipinski definition) is 3. The van der Waals surface area contributed by atoms with Crippen molar-refractivity contribution in [2.75, 3.05) is 6.61 Å². The van der Waals surface area contributed by atoms with Crippen molar-refractivity contribution in [1.82, 2.24) is 15.1 Å². The summed E-state index contributed by atoms with van der Waals surface area (Å²) >= 11 is 0. The molecule has 1 aliphatic heterocycles. The van der Waals surface area contributed by atoms with E-state index in [2.05, 4.69) is 30.3 Å². The lowest BCUT2D eigenvalue weighted by Crippen LogP contribution is -2.39. The van der Waals surface area contributed by atoms with Gasteiger partial charge in [0.1, 0.15) is 0 Å². The van der Waals surface area contributed by atoms with Crippen LogP contribution in [-0.2, 0) is 11.8 Å². The summed E-state index contributed by atoms with van der Waals surface area (Å²) in [5, 5.41) is 7.85. The van der Waals surface area contributed by atoms with Crippen molar-refractivity contribution in [2.45, 2.75) is 44.9 Å². The van der Waals surface area contributed by atoms with Gasteiger partial charge in [-0.05, 0) is 32.8 Å². The topological polar surface area (TPSA) is 39.1 Å². The summed E-state index contributed by atoms with van der Waals surface area (Å²) in [6.45, 7) is 5.21. The van der Waals surface area contributed by atoms with E-state index in [0.717, 1.165) is 19.4 Å². The molecule has 4 heteroatoms. The van der Waals surface area contributed by atoms with Gasteiger partial charge in [-0.2, -0.15) is 5.10 Å². The molecule has 4 nitrogen and oxygen atoms in total. The van der Waals surface area contributed by atoms with E-state index in [0.29, 0.717) is 18.2 Å². The Morgan fingerprint density at radius 3 is 3.06 bits per heavy atom. The zero-order valence-corrected chi connectivity index (χ0v) is 10.3. The molecule has 1 aromatic rings. The lowest BCUT2D eigenvalue weighted by Gasteiger charge is -2.30. The molecule has 3 unspecified atom stereocenters. The number of aryl methyl sites for hydroxylation is 1. The first-order chi connectivity index (χ1) is 7.66. The number of nitrogens with one attached hydrogen (secondary N) is 1. The van der Waals surface area contributed by atoms with Gasteiger partial charge in [0, 0.05) is 31.9 Å². The average molecular weight is 223 g/mol. The number of nitrogens with zero attached hydrogens (tertiary/aromatic N) is 2. The summed E-state index contributed by atoms with van der Waals surface area (Å²) in [5.41, 5.74) is 1.24. The van der Waals surface area contributed by atoms with Crippen molar-refractivity contribution >= 4 is 0 Å².